The summed E-state index contributed by atoms with van der Waals surface area (Å²) in [6.45, 7) is 5.00. The van der Waals surface area contributed by atoms with Gasteiger partial charge in [0.15, 0.2) is 5.16 Å². The molecular weight excluding hydrogens is 254 g/mol. The van der Waals surface area contributed by atoms with Crippen molar-refractivity contribution in [3.05, 3.63) is 6.33 Å². The molecule has 3 amide bonds. The Balaban J connectivity index is 1.93. The van der Waals surface area contributed by atoms with Gasteiger partial charge in [-0.2, -0.15) is 0 Å². The number of nitrogens with one attached hydrogen (secondary N) is 1. The molecular formula is C10H15N5O2S. The van der Waals surface area contributed by atoms with Gasteiger partial charge in [0.05, 0.1) is 5.75 Å². The average Bonchev–Trinajstić information content (AvgIpc) is 2.94. The maximum Gasteiger partial charge on any atom is 0.324 e. The molecule has 1 aliphatic heterocycles. The minimum absolute atomic E-state index is 0.193. The van der Waals surface area contributed by atoms with Gasteiger partial charge in [0.2, 0.25) is 5.91 Å². The normalized spacial score (nSPS) is 15.3. The van der Waals surface area contributed by atoms with Gasteiger partial charge in [0, 0.05) is 19.1 Å². The Morgan fingerprint density at radius 2 is 2.39 bits per heavy atom. The van der Waals surface area contributed by atoms with Crippen molar-refractivity contribution in [2.75, 3.05) is 18.8 Å². The molecule has 1 aliphatic rings. The van der Waals surface area contributed by atoms with E-state index < -0.39 is 0 Å². The Hall–Kier alpha value is -1.57. The van der Waals surface area contributed by atoms with E-state index in [4.69, 9.17) is 0 Å². The number of nitrogens with zero attached hydrogens (tertiary/aromatic N) is 4. The number of hydrogen-bond donors (Lipinski definition) is 1. The molecule has 1 N–H and O–H groups in total. The van der Waals surface area contributed by atoms with Crippen LogP contribution in [0.25, 0.3) is 0 Å². The number of rotatable bonds is 4. The molecule has 0 atom stereocenters. The summed E-state index contributed by atoms with van der Waals surface area (Å²) < 4.78 is 1.89. The first-order valence-electron chi connectivity index (χ1n) is 5.70. The summed E-state index contributed by atoms with van der Waals surface area (Å²) >= 11 is 1.30. The Morgan fingerprint density at radius 3 is 3.00 bits per heavy atom. The van der Waals surface area contributed by atoms with Crippen LogP contribution in [0.1, 0.15) is 19.9 Å². The number of aromatic nitrogens is 3. The SMILES string of the molecule is CC(C)n1cnnc1SCC(=O)N1CCNC1=O. The van der Waals surface area contributed by atoms with E-state index in [0.717, 1.165) is 0 Å². The van der Waals surface area contributed by atoms with Gasteiger partial charge in [0.25, 0.3) is 0 Å². The van der Waals surface area contributed by atoms with Crippen molar-refractivity contribution >= 4 is 23.7 Å². The van der Waals surface area contributed by atoms with Crippen LogP contribution in [0.4, 0.5) is 4.79 Å². The van der Waals surface area contributed by atoms with Crippen molar-refractivity contribution in [2.24, 2.45) is 0 Å². The van der Waals surface area contributed by atoms with Crippen molar-refractivity contribution in [1.82, 2.24) is 25.0 Å². The van der Waals surface area contributed by atoms with Gasteiger partial charge >= 0.3 is 6.03 Å². The van der Waals surface area contributed by atoms with Crippen LogP contribution in [0.5, 0.6) is 0 Å². The van der Waals surface area contributed by atoms with E-state index in [9.17, 15) is 9.59 Å². The standard InChI is InChI=1S/C10H15N5O2S/c1-7(2)15-6-12-13-10(15)18-5-8(16)14-4-3-11-9(14)17/h6-7H,3-5H2,1-2H3,(H,11,17). The topological polar surface area (TPSA) is 80.1 Å². The molecule has 0 saturated carbocycles. The van der Waals surface area contributed by atoms with Crippen LogP contribution >= 0.6 is 11.8 Å². The highest BCUT2D eigenvalue weighted by Gasteiger charge is 2.26. The number of carbonyl (C=O) groups excluding carboxylic acids is 2. The van der Waals surface area contributed by atoms with Gasteiger partial charge in [-0.15, -0.1) is 10.2 Å². The van der Waals surface area contributed by atoms with Gasteiger partial charge in [-0.1, -0.05) is 11.8 Å². The monoisotopic (exact) mass is 269 g/mol. The molecule has 0 aliphatic carbocycles. The smallest absolute Gasteiger partial charge is 0.324 e. The lowest BCUT2D eigenvalue weighted by atomic mass is 10.4. The quantitative estimate of drug-likeness (QED) is 0.805. The predicted molar refractivity (Wildman–Crippen MR) is 66.2 cm³/mol. The fourth-order valence-electron chi connectivity index (χ4n) is 1.60. The Bertz CT molecular complexity index is 459. The molecule has 1 aromatic heterocycles. The summed E-state index contributed by atoms with van der Waals surface area (Å²) in [5, 5.41) is 11.1. The first-order valence-corrected chi connectivity index (χ1v) is 6.68. The third kappa shape index (κ3) is 2.63. The molecule has 0 unspecified atom stereocenters. The van der Waals surface area contributed by atoms with Crippen molar-refractivity contribution in [3.8, 4) is 0 Å². The highest BCUT2D eigenvalue weighted by Crippen LogP contribution is 2.19. The van der Waals surface area contributed by atoms with Gasteiger partial charge in [0.1, 0.15) is 6.33 Å². The third-order valence-electron chi connectivity index (χ3n) is 2.58. The van der Waals surface area contributed by atoms with E-state index in [0.29, 0.717) is 18.2 Å². The first-order chi connectivity index (χ1) is 8.59. The lowest BCUT2D eigenvalue weighted by Gasteiger charge is -2.12. The molecule has 7 nitrogen and oxygen atoms in total. The number of hydrogen-bond acceptors (Lipinski definition) is 5. The zero-order valence-corrected chi connectivity index (χ0v) is 11.1. The Morgan fingerprint density at radius 1 is 1.61 bits per heavy atom. The Kier molecular flexibility index (Phi) is 3.85. The van der Waals surface area contributed by atoms with Crippen LogP contribution in [0.2, 0.25) is 0 Å². The van der Waals surface area contributed by atoms with Crippen LogP contribution in [0.3, 0.4) is 0 Å². The zero-order chi connectivity index (χ0) is 13.1. The minimum atomic E-state index is -0.314. The van der Waals surface area contributed by atoms with E-state index >= 15 is 0 Å². The van der Waals surface area contributed by atoms with Crippen molar-refractivity contribution in [2.45, 2.75) is 25.0 Å². The second kappa shape index (κ2) is 5.38. The average molecular weight is 269 g/mol. The molecule has 0 radical (unpaired) electrons. The van der Waals surface area contributed by atoms with Crippen LogP contribution < -0.4 is 5.32 Å². The number of thioether (sulfide) groups is 1. The van der Waals surface area contributed by atoms with E-state index in [1.54, 1.807) is 6.33 Å². The van der Waals surface area contributed by atoms with Gasteiger partial charge in [-0.05, 0) is 13.8 Å². The van der Waals surface area contributed by atoms with Crippen LogP contribution in [0, 0.1) is 0 Å². The molecule has 2 heterocycles. The summed E-state index contributed by atoms with van der Waals surface area (Å²) in [5.74, 6) is -0.00736. The number of carbonyl (C=O) groups is 2. The number of imide groups is 1. The van der Waals surface area contributed by atoms with Crippen LogP contribution in [-0.2, 0) is 4.79 Å². The molecule has 0 bridgehead atoms. The van der Waals surface area contributed by atoms with Crippen molar-refractivity contribution in [1.29, 1.82) is 0 Å². The molecule has 1 aromatic rings. The highest BCUT2D eigenvalue weighted by molar-refractivity contribution is 7.99. The zero-order valence-electron chi connectivity index (χ0n) is 10.3. The molecule has 18 heavy (non-hydrogen) atoms. The fraction of sp³-hybridized carbons (Fsp3) is 0.600. The fourth-order valence-corrected chi connectivity index (χ4v) is 2.52. The molecule has 2 rings (SSSR count). The minimum Gasteiger partial charge on any atom is -0.336 e. The Labute approximate surface area is 109 Å². The summed E-state index contributed by atoms with van der Waals surface area (Å²) in [6.07, 6.45) is 1.64. The van der Waals surface area contributed by atoms with E-state index in [2.05, 4.69) is 15.5 Å². The van der Waals surface area contributed by atoms with Crippen LogP contribution in [-0.4, -0.2) is 50.4 Å². The second-order valence-corrected chi connectivity index (χ2v) is 5.12. The molecule has 1 fully saturated rings. The maximum atomic E-state index is 11.8. The largest absolute Gasteiger partial charge is 0.336 e. The van der Waals surface area contributed by atoms with E-state index in [1.807, 2.05) is 18.4 Å². The first kappa shape index (κ1) is 12.9. The maximum absolute atomic E-state index is 11.8. The van der Waals surface area contributed by atoms with E-state index in [-0.39, 0.29) is 23.7 Å². The van der Waals surface area contributed by atoms with Gasteiger partial charge in [-0.3, -0.25) is 9.69 Å². The number of urea groups is 1. The summed E-state index contributed by atoms with van der Waals surface area (Å²) in [5.41, 5.74) is 0. The van der Waals surface area contributed by atoms with Gasteiger partial charge in [-0.25, -0.2) is 4.79 Å². The molecule has 1 saturated heterocycles. The lowest BCUT2D eigenvalue weighted by molar-refractivity contribution is -0.124. The highest BCUT2D eigenvalue weighted by atomic mass is 32.2. The van der Waals surface area contributed by atoms with Crippen molar-refractivity contribution in [3.63, 3.8) is 0 Å². The summed E-state index contributed by atoms with van der Waals surface area (Å²) in [4.78, 5) is 24.3. The second-order valence-electron chi connectivity index (χ2n) is 4.18. The third-order valence-corrected chi connectivity index (χ3v) is 3.52. The predicted octanol–water partition coefficient (Wildman–Crippen LogP) is 0.503. The summed E-state index contributed by atoms with van der Waals surface area (Å²) in [7, 11) is 0. The molecule has 98 valence electrons. The molecule has 0 spiro atoms. The molecule has 8 heteroatoms. The summed E-state index contributed by atoms with van der Waals surface area (Å²) in [6, 6.07) is -0.0707. The molecule has 0 aromatic carbocycles. The number of amides is 3. The lowest BCUT2D eigenvalue weighted by Crippen LogP contribution is -2.35. The van der Waals surface area contributed by atoms with Crippen molar-refractivity contribution < 1.29 is 9.59 Å². The van der Waals surface area contributed by atoms with Crippen LogP contribution in [0.15, 0.2) is 11.5 Å². The van der Waals surface area contributed by atoms with E-state index in [1.165, 1.54) is 16.7 Å². The van der Waals surface area contributed by atoms with Gasteiger partial charge < -0.3 is 9.88 Å².